The molecule has 2 aliphatic rings. The van der Waals surface area contributed by atoms with Gasteiger partial charge in [0.2, 0.25) is 5.89 Å². The molecule has 0 atom stereocenters. The van der Waals surface area contributed by atoms with Crippen molar-refractivity contribution in [2.45, 2.75) is 63.4 Å². The van der Waals surface area contributed by atoms with Gasteiger partial charge in [0.15, 0.2) is 5.82 Å². The van der Waals surface area contributed by atoms with Gasteiger partial charge in [-0.15, -0.1) is 0 Å². The molecule has 3 rings (SSSR count). The quantitative estimate of drug-likeness (QED) is 0.875. The third-order valence-electron chi connectivity index (χ3n) is 4.11. The van der Waals surface area contributed by atoms with Gasteiger partial charge in [-0.2, -0.15) is 4.98 Å². The van der Waals surface area contributed by atoms with Gasteiger partial charge in [0.1, 0.15) is 0 Å². The van der Waals surface area contributed by atoms with Crippen molar-refractivity contribution in [3.8, 4) is 0 Å². The maximum atomic E-state index is 10.5. The Morgan fingerprint density at radius 2 is 2.00 bits per heavy atom. The lowest BCUT2D eigenvalue weighted by Gasteiger charge is -2.33. The van der Waals surface area contributed by atoms with Gasteiger partial charge >= 0.3 is 0 Å². The lowest BCUT2D eigenvalue weighted by Crippen LogP contribution is -2.35. The molecule has 94 valence electrons. The highest BCUT2D eigenvalue weighted by Crippen LogP contribution is 2.39. The summed E-state index contributed by atoms with van der Waals surface area (Å²) in [6, 6.07) is 0. The van der Waals surface area contributed by atoms with Crippen LogP contribution in [-0.2, 0) is 6.42 Å². The van der Waals surface area contributed by atoms with Crippen molar-refractivity contribution < 1.29 is 9.63 Å². The van der Waals surface area contributed by atoms with Crippen LogP contribution in [0.1, 0.15) is 63.1 Å². The van der Waals surface area contributed by atoms with Crippen molar-refractivity contribution in [1.82, 2.24) is 10.1 Å². The van der Waals surface area contributed by atoms with Crippen LogP contribution in [0, 0.1) is 5.92 Å². The van der Waals surface area contributed by atoms with Crippen LogP contribution in [-0.4, -0.2) is 20.8 Å². The van der Waals surface area contributed by atoms with E-state index in [1.807, 2.05) is 0 Å². The van der Waals surface area contributed by atoms with Crippen molar-refractivity contribution in [3.05, 3.63) is 11.7 Å². The zero-order valence-corrected chi connectivity index (χ0v) is 10.4. The number of aromatic nitrogens is 2. The second-order valence-corrected chi connectivity index (χ2v) is 5.90. The molecule has 1 aromatic rings. The van der Waals surface area contributed by atoms with Crippen LogP contribution in [0.25, 0.3) is 0 Å². The fraction of sp³-hybridized carbons (Fsp3) is 0.846. The first kappa shape index (κ1) is 11.2. The minimum atomic E-state index is -0.611. The molecule has 0 radical (unpaired) electrons. The predicted octanol–water partition coefficient (Wildman–Crippen LogP) is 2.43. The van der Waals surface area contributed by atoms with E-state index >= 15 is 0 Å². The van der Waals surface area contributed by atoms with E-state index in [9.17, 15) is 5.11 Å². The summed E-state index contributed by atoms with van der Waals surface area (Å²) in [5, 5.41) is 14.5. The standard InChI is InChI=1S/C13H20N2O2/c1-9-4-6-13(16,7-5-9)8-11-14-12(15-17-11)10-2-3-10/h9-10,16H,2-8H2,1H3. The van der Waals surface area contributed by atoms with Gasteiger partial charge in [-0.3, -0.25) is 0 Å². The molecular weight excluding hydrogens is 216 g/mol. The Kier molecular flexibility index (Phi) is 2.69. The second-order valence-electron chi connectivity index (χ2n) is 5.90. The zero-order valence-electron chi connectivity index (χ0n) is 10.4. The van der Waals surface area contributed by atoms with Gasteiger partial charge in [-0.05, 0) is 44.4 Å². The summed E-state index contributed by atoms with van der Waals surface area (Å²) in [5.74, 6) is 2.71. The third kappa shape index (κ3) is 2.51. The minimum Gasteiger partial charge on any atom is -0.389 e. The first-order valence-corrected chi connectivity index (χ1v) is 6.69. The van der Waals surface area contributed by atoms with E-state index in [0.717, 1.165) is 37.4 Å². The summed E-state index contributed by atoms with van der Waals surface area (Å²) in [6.07, 6.45) is 6.80. The van der Waals surface area contributed by atoms with E-state index in [2.05, 4.69) is 17.1 Å². The Morgan fingerprint density at radius 1 is 1.29 bits per heavy atom. The summed E-state index contributed by atoms with van der Waals surface area (Å²) in [5.41, 5.74) is -0.611. The van der Waals surface area contributed by atoms with E-state index < -0.39 is 5.60 Å². The van der Waals surface area contributed by atoms with E-state index in [1.54, 1.807) is 0 Å². The number of nitrogens with zero attached hydrogens (tertiary/aromatic N) is 2. The highest BCUT2D eigenvalue weighted by atomic mass is 16.5. The molecule has 0 unspecified atom stereocenters. The summed E-state index contributed by atoms with van der Waals surface area (Å²) in [7, 11) is 0. The van der Waals surface area contributed by atoms with Crippen LogP contribution in [0.4, 0.5) is 0 Å². The van der Waals surface area contributed by atoms with Crippen molar-refractivity contribution in [3.63, 3.8) is 0 Å². The highest BCUT2D eigenvalue weighted by Gasteiger charge is 2.35. The average molecular weight is 236 g/mol. The smallest absolute Gasteiger partial charge is 0.229 e. The molecule has 2 aliphatic carbocycles. The van der Waals surface area contributed by atoms with Crippen LogP contribution in [0.15, 0.2) is 4.52 Å². The molecule has 0 amide bonds. The predicted molar refractivity (Wildman–Crippen MR) is 62.6 cm³/mol. The molecule has 2 saturated carbocycles. The van der Waals surface area contributed by atoms with Crippen molar-refractivity contribution in [2.24, 2.45) is 5.92 Å². The molecular formula is C13H20N2O2. The maximum Gasteiger partial charge on any atom is 0.229 e. The van der Waals surface area contributed by atoms with Crippen LogP contribution in [0.2, 0.25) is 0 Å². The van der Waals surface area contributed by atoms with Gasteiger partial charge in [0.05, 0.1) is 12.0 Å². The molecule has 2 fully saturated rings. The molecule has 0 aliphatic heterocycles. The van der Waals surface area contributed by atoms with Gasteiger partial charge in [0.25, 0.3) is 0 Å². The van der Waals surface area contributed by atoms with Crippen LogP contribution >= 0.6 is 0 Å². The average Bonchev–Trinajstić information content (AvgIpc) is 3.06. The zero-order chi connectivity index (χ0) is 11.9. The number of aliphatic hydroxyl groups is 1. The van der Waals surface area contributed by atoms with Crippen molar-refractivity contribution in [2.75, 3.05) is 0 Å². The van der Waals surface area contributed by atoms with Gasteiger partial charge in [0, 0.05) is 5.92 Å². The van der Waals surface area contributed by atoms with Crippen molar-refractivity contribution in [1.29, 1.82) is 0 Å². The van der Waals surface area contributed by atoms with Gasteiger partial charge in [-0.1, -0.05) is 12.1 Å². The SMILES string of the molecule is CC1CCC(O)(Cc2nc(C3CC3)no2)CC1. The normalized spacial score (nSPS) is 33.9. The molecule has 0 aromatic carbocycles. The lowest BCUT2D eigenvalue weighted by molar-refractivity contribution is -0.0125. The summed E-state index contributed by atoms with van der Waals surface area (Å²) < 4.78 is 5.24. The lowest BCUT2D eigenvalue weighted by atomic mass is 9.78. The first-order valence-electron chi connectivity index (χ1n) is 6.69. The summed E-state index contributed by atoms with van der Waals surface area (Å²) in [6.45, 7) is 2.25. The Hall–Kier alpha value is -0.900. The molecule has 1 N–H and O–H groups in total. The first-order chi connectivity index (χ1) is 8.15. The molecule has 1 aromatic heterocycles. The Morgan fingerprint density at radius 3 is 2.65 bits per heavy atom. The number of rotatable bonds is 3. The second kappa shape index (κ2) is 4.09. The largest absolute Gasteiger partial charge is 0.389 e. The van der Waals surface area contributed by atoms with Crippen LogP contribution in [0.5, 0.6) is 0 Å². The van der Waals surface area contributed by atoms with E-state index in [4.69, 9.17) is 4.52 Å². The van der Waals surface area contributed by atoms with E-state index in [0.29, 0.717) is 18.2 Å². The monoisotopic (exact) mass is 236 g/mol. The van der Waals surface area contributed by atoms with Crippen LogP contribution < -0.4 is 0 Å². The Labute approximate surface area is 101 Å². The molecule has 0 saturated heterocycles. The highest BCUT2D eigenvalue weighted by molar-refractivity contribution is 5.04. The third-order valence-corrected chi connectivity index (χ3v) is 4.11. The molecule has 4 heteroatoms. The molecule has 1 heterocycles. The van der Waals surface area contributed by atoms with Gasteiger partial charge in [-0.25, -0.2) is 0 Å². The Balaban J connectivity index is 1.64. The number of hydrogen-bond acceptors (Lipinski definition) is 4. The molecule has 4 nitrogen and oxygen atoms in total. The fourth-order valence-electron chi connectivity index (χ4n) is 2.60. The fourth-order valence-corrected chi connectivity index (χ4v) is 2.60. The number of hydrogen-bond donors (Lipinski definition) is 1. The molecule has 17 heavy (non-hydrogen) atoms. The minimum absolute atomic E-state index is 0.522. The Bertz CT molecular complexity index is 390. The maximum absolute atomic E-state index is 10.5. The summed E-state index contributed by atoms with van der Waals surface area (Å²) >= 11 is 0. The van der Waals surface area contributed by atoms with Crippen molar-refractivity contribution >= 4 is 0 Å². The van der Waals surface area contributed by atoms with E-state index in [1.165, 1.54) is 12.8 Å². The van der Waals surface area contributed by atoms with Crippen LogP contribution in [0.3, 0.4) is 0 Å². The van der Waals surface area contributed by atoms with E-state index in [-0.39, 0.29) is 0 Å². The molecule has 0 bridgehead atoms. The molecule has 0 spiro atoms. The van der Waals surface area contributed by atoms with Gasteiger partial charge < -0.3 is 9.63 Å². The summed E-state index contributed by atoms with van der Waals surface area (Å²) in [4.78, 5) is 4.39. The topological polar surface area (TPSA) is 59.2 Å².